The molecular weight excluding hydrogens is 397 g/mol. The molecule has 0 saturated heterocycles. The Morgan fingerprint density at radius 2 is 1.77 bits per heavy atom. The van der Waals surface area contributed by atoms with Crippen molar-refractivity contribution in [2.24, 2.45) is 0 Å². The molecule has 0 bridgehead atoms. The van der Waals surface area contributed by atoms with Crippen LogP contribution in [-0.4, -0.2) is 31.7 Å². The number of nitrogens with zero attached hydrogens (tertiary/aromatic N) is 5. The summed E-state index contributed by atoms with van der Waals surface area (Å²) in [6.07, 6.45) is -4.60. The van der Waals surface area contributed by atoms with Gasteiger partial charge < -0.3 is 10.5 Å². The molecule has 0 atom stereocenters. The third kappa shape index (κ3) is 3.57. The number of fused-ring (bicyclic) bond motifs is 1. The SMILES string of the molecule is COCc1nc2c(-c3cc(C)nc(C(F)(F)F)c3)c(-c3ccccc3)nc(N)n2n1. The number of ether oxygens (including phenoxy) is 1. The van der Waals surface area contributed by atoms with Crippen molar-refractivity contribution in [3.05, 3.63) is 59.7 Å². The van der Waals surface area contributed by atoms with Crippen LogP contribution in [0.5, 0.6) is 0 Å². The first-order chi connectivity index (χ1) is 14.3. The van der Waals surface area contributed by atoms with Crippen molar-refractivity contribution in [1.82, 2.24) is 24.6 Å². The lowest BCUT2D eigenvalue weighted by Gasteiger charge is -2.14. The number of alkyl halides is 3. The molecule has 4 rings (SSSR count). The van der Waals surface area contributed by atoms with E-state index in [2.05, 4.69) is 20.1 Å². The highest BCUT2D eigenvalue weighted by Crippen LogP contribution is 2.37. The summed E-state index contributed by atoms with van der Waals surface area (Å²) in [7, 11) is 1.49. The van der Waals surface area contributed by atoms with Gasteiger partial charge >= 0.3 is 6.18 Å². The molecule has 2 N–H and O–H groups in total. The number of halogens is 3. The highest BCUT2D eigenvalue weighted by Gasteiger charge is 2.33. The number of nitrogens with two attached hydrogens (primary N) is 1. The Hall–Kier alpha value is -3.53. The summed E-state index contributed by atoms with van der Waals surface area (Å²) in [5.74, 6) is 0.392. The maximum absolute atomic E-state index is 13.4. The van der Waals surface area contributed by atoms with Crippen molar-refractivity contribution in [3.63, 3.8) is 0 Å². The number of pyridine rings is 1. The number of benzene rings is 1. The zero-order chi connectivity index (χ0) is 21.5. The molecule has 0 aliphatic carbocycles. The molecule has 0 spiro atoms. The minimum Gasteiger partial charge on any atom is -0.377 e. The normalized spacial score (nSPS) is 11.9. The second-order valence-corrected chi connectivity index (χ2v) is 6.64. The van der Waals surface area contributed by atoms with Crippen LogP contribution >= 0.6 is 0 Å². The summed E-state index contributed by atoms with van der Waals surface area (Å²) in [6, 6.07) is 11.6. The summed E-state index contributed by atoms with van der Waals surface area (Å²) in [4.78, 5) is 12.5. The van der Waals surface area contributed by atoms with Crippen molar-refractivity contribution >= 4 is 11.6 Å². The number of aromatic nitrogens is 5. The number of hydrogen-bond donors (Lipinski definition) is 1. The van der Waals surface area contributed by atoms with Gasteiger partial charge in [-0.3, -0.25) is 0 Å². The van der Waals surface area contributed by atoms with E-state index in [-0.39, 0.29) is 29.5 Å². The van der Waals surface area contributed by atoms with Gasteiger partial charge in [-0.1, -0.05) is 30.3 Å². The highest BCUT2D eigenvalue weighted by molar-refractivity contribution is 5.90. The minimum atomic E-state index is -4.60. The van der Waals surface area contributed by atoms with Gasteiger partial charge in [-0.25, -0.2) is 15.0 Å². The summed E-state index contributed by atoms with van der Waals surface area (Å²) in [6.45, 7) is 1.62. The van der Waals surface area contributed by atoms with Gasteiger partial charge in [0.15, 0.2) is 11.5 Å². The maximum Gasteiger partial charge on any atom is 0.433 e. The Bertz CT molecular complexity index is 1220. The molecule has 30 heavy (non-hydrogen) atoms. The van der Waals surface area contributed by atoms with Crippen LogP contribution in [0.3, 0.4) is 0 Å². The molecule has 0 radical (unpaired) electrons. The average molecular weight is 414 g/mol. The largest absolute Gasteiger partial charge is 0.433 e. The molecule has 154 valence electrons. The van der Waals surface area contributed by atoms with E-state index in [0.717, 1.165) is 6.07 Å². The van der Waals surface area contributed by atoms with E-state index in [1.165, 1.54) is 18.5 Å². The van der Waals surface area contributed by atoms with Crippen LogP contribution < -0.4 is 5.73 Å². The van der Waals surface area contributed by atoms with Crippen LogP contribution in [0.2, 0.25) is 0 Å². The van der Waals surface area contributed by atoms with E-state index in [4.69, 9.17) is 10.5 Å². The first-order valence-electron chi connectivity index (χ1n) is 8.93. The predicted octanol–water partition coefficient (Wildman–Crippen LogP) is 3.91. The van der Waals surface area contributed by atoms with E-state index >= 15 is 0 Å². The Morgan fingerprint density at radius 3 is 2.43 bits per heavy atom. The van der Waals surface area contributed by atoms with Crippen molar-refractivity contribution in [2.45, 2.75) is 19.7 Å². The van der Waals surface area contributed by atoms with Crippen LogP contribution in [0.15, 0.2) is 42.5 Å². The lowest BCUT2D eigenvalue weighted by atomic mass is 9.99. The Kier molecular flexibility index (Phi) is 4.86. The van der Waals surface area contributed by atoms with Crippen molar-refractivity contribution < 1.29 is 17.9 Å². The summed E-state index contributed by atoms with van der Waals surface area (Å²) < 4.78 is 46.7. The van der Waals surface area contributed by atoms with E-state index in [0.29, 0.717) is 22.6 Å². The second-order valence-electron chi connectivity index (χ2n) is 6.64. The molecular formula is C20H17F3N6O. The molecule has 0 amide bonds. The monoisotopic (exact) mass is 414 g/mol. The van der Waals surface area contributed by atoms with Crippen LogP contribution in [0.1, 0.15) is 17.2 Å². The molecule has 3 aromatic heterocycles. The average Bonchev–Trinajstić information content (AvgIpc) is 3.12. The van der Waals surface area contributed by atoms with Gasteiger partial charge in [0.1, 0.15) is 12.3 Å². The van der Waals surface area contributed by atoms with Gasteiger partial charge in [0.25, 0.3) is 0 Å². The Labute approximate surface area is 169 Å². The third-order valence-corrected chi connectivity index (χ3v) is 4.41. The van der Waals surface area contributed by atoms with Crippen molar-refractivity contribution in [1.29, 1.82) is 0 Å². The number of anilines is 1. The highest BCUT2D eigenvalue weighted by atomic mass is 19.4. The van der Waals surface area contributed by atoms with Crippen LogP contribution in [-0.2, 0) is 17.5 Å². The quantitative estimate of drug-likeness (QED) is 0.545. The standard InChI is InChI=1S/C20H17F3N6O/c1-11-8-13(9-14(25-11)20(21,22)23)16-17(12-6-4-3-5-7-12)27-19(24)29-18(16)26-15(28-29)10-30-2/h3-9H,10H2,1-2H3,(H2,24,27). The van der Waals surface area contributed by atoms with E-state index < -0.39 is 11.9 Å². The van der Waals surface area contributed by atoms with E-state index in [9.17, 15) is 13.2 Å². The number of aryl methyl sites for hydroxylation is 1. The molecule has 4 aromatic rings. The van der Waals surface area contributed by atoms with Gasteiger partial charge in [-0.15, -0.1) is 5.10 Å². The fourth-order valence-corrected chi connectivity index (χ4v) is 3.22. The van der Waals surface area contributed by atoms with Crippen LogP contribution in [0, 0.1) is 6.92 Å². The smallest absolute Gasteiger partial charge is 0.377 e. The zero-order valence-electron chi connectivity index (χ0n) is 16.1. The molecule has 0 unspecified atom stereocenters. The molecule has 0 saturated carbocycles. The number of rotatable bonds is 4. The molecule has 0 aliphatic heterocycles. The number of hydrogen-bond acceptors (Lipinski definition) is 6. The molecule has 0 fully saturated rings. The lowest BCUT2D eigenvalue weighted by Crippen LogP contribution is -2.10. The lowest BCUT2D eigenvalue weighted by molar-refractivity contribution is -0.141. The summed E-state index contributed by atoms with van der Waals surface area (Å²) in [5, 5.41) is 4.27. The molecule has 3 heterocycles. The molecule has 10 heteroatoms. The molecule has 7 nitrogen and oxygen atoms in total. The first kappa shape index (κ1) is 19.8. The molecule has 1 aromatic carbocycles. The van der Waals surface area contributed by atoms with Gasteiger partial charge in [-0.05, 0) is 24.6 Å². The van der Waals surface area contributed by atoms with Crippen molar-refractivity contribution in [3.8, 4) is 22.4 Å². The van der Waals surface area contributed by atoms with Crippen LogP contribution in [0.25, 0.3) is 28.0 Å². The van der Waals surface area contributed by atoms with E-state index in [1.54, 1.807) is 30.3 Å². The fraction of sp³-hybridized carbons (Fsp3) is 0.200. The first-order valence-corrected chi connectivity index (χ1v) is 8.93. The topological polar surface area (TPSA) is 91.2 Å². The van der Waals surface area contributed by atoms with Gasteiger partial charge in [0, 0.05) is 18.4 Å². The molecule has 0 aliphatic rings. The Balaban J connectivity index is 2.09. The minimum absolute atomic E-state index is 0.0595. The van der Waals surface area contributed by atoms with Crippen molar-refractivity contribution in [2.75, 3.05) is 12.8 Å². The van der Waals surface area contributed by atoms with Crippen LogP contribution in [0.4, 0.5) is 19.1 Å². The number of nitrogen functional groups attached to an aromatic ring is 1. The second kappa shape index (κ2) is 7.38. The van der Waals surface area contributed by atoms with Gasteiger partial charge in [-0.2, -0.15) is 17.7 Å². The van der Waals surface area contributed by atoms with Gasteiger partial charge in [0.05, 0.1) is 11.3 Å². The Morgan fingerprint density at radius 1 is 1.03 bits per heavy atom. The predicted molar refractivity (Wildman–Crippen MR) is 104 cm³/mol. The third-order valence-electron chi connectivity index (χ3n) is 4.41. The zero-order valence-corrected chi connectivity index (χ0v) is 16.1. The maximum atomic E-state index is 13.4. The van der Waals surface area contributed by atoms with Gasteiger partial charge in [0.2, 0.25) is 5.95 Å². The number of methoxy groups -OCH3 is 1. The summed E-state index contributed by atoms with van der Waals surface area (Å²) in [5.41, 5.74) is 7.32. The summed E-state index contributed by atoms with van der Waals surface area (Å²) >= 11 is 0. The van der Waals surface area contributed by atoms with E-state index in [1.807, 2.05) is 6.07 Å². The fourth-order valence-electron chi connectivity index (χ4n) is 3.22.